The van der Waals surface area contributed by atoms with Crippen LogP contribution in [0, 0.1) is 0 Å². The summed E-state index contributed by atoms with van der Waals surface area (Å²) in [6, 6.07) is 3.22. The van der Waals surface area contributed by atoms with Crippen molar-refractivity contribution in [2.45, 2.75) is 31.2 Å². The molecular formula is C13H20N2O5S. The lowest BCUT2D eigenvalue weighted by Gasteiger charge is -2.26. The fourth-order valence-electron chi connectivity index (χ4n) is 1.93. The smallest absolute Gasteiger partial charge is 0.335 e. The second-order valence-corrected chi connectivity index (χ2v) is 6.70. The maximum atomic E-state index is 12.6. The Morgan fingerprint density at radius 2 is 2.00 bits per heavy atom. The summed E-state index contributed by atoms with van der Waals surface area (Å²) in [5.41, 5.74) is 5.52. The Morgan fingerprint density at radius 1 is 1.38 bits per heavy atom. The molecule has 118 valence electrons. The zero-order chi connectivity index (χ0) is 16.2. The molecule has 4 N–H and O–H groups in total. The molecule has 0 fully saturated rings. The lowest BCUT2D eigenvalue weighted by molar-refractivity contribution is 0.0696. The number of hydrogen-bond donors (Lipinski definition) is 3. The molecule has 0 unspecified atom stereocenters. The van der Waals surface area contributed by atoms with Gasteiger partial charge in [0.05, 0.1) is 11.3 Å². The van der Waals surface area contributed by atoms with Gasteiger partial charge in [-0.05, 0) is 38.5 Å². The first-order chi connectivity index (χ1) is 9.71. The number of aliphatic hydroxyl groups excluding tert-OH is 1. The van der Waals surface area contributed by atoms with Gasteiger partial charge in [-0.1, -0.05) is 0 Å². The van der Waals surface area contributed by atoms with Gasteiger partial charge in [0.15, 0.2) is 0 Å². The van der Waals surface area contributed by atoms with E-state index in [-0.39, 0.29) is 35.3 Å². The molecule has 21 heavy (non-hydrogen) atoms. The average molecular weight is 316 g/mol. The largest absolute Gasteiger partial charge is 0.478 e. The van der Waals surface area contributed by atoms with E-state index in [2.05, 4.69) is 0 Å². The SMILES string of the molecule is CC(C)N(CCCO)S(=O)(=O)c1ccc(C(=O)O)cc1N. The van der Waals surface area contributed by atoms with E-state index in [1.165, 1.54) is 16.4 Å². The molecule has 0 amide bonds. The number of nitrogens with two attached hydrogens (primary N) is 1. The van der Waals surface area contributed by atoms with E-state index in [9.17, 15) is 13.2 Å². The summed E-state index contributed by atoms with van der Waals surface area (Å²) >= 11 is 0. The zero-order valence-corrected chi connectivity index (χ0v) is 12.8. The lowest BCUT2D eigenvalue weighted by Crippen LogP contribution is -2.38. The van der Waals surface area contributed by atoms with E-state index in [4.69, 9.17) is 15.9 Å². The number of anilines is 1. The summed E-state index contributed by atoms with van der Waals surface area (Å²) in [7, 11) is -3.84. The Labute approximate surface area is 124 Å². The van der Waals surface area contributed by atoms with E-state index in [1.807, 2.05) is 0 Å². The Kier molecular flexibility index (Phi) is 5.70. The van der Waals surface area contributed by atoms with Crippen LogP contribution in [-0.2, 0) is 10.0 Å². The summed E-state index contributed by atoms with van der Waals surface area (Å²) in [5, 5.41) is 17.7. The van der Waals surface area contributed by atoms with Gasteiger partial charge in [-0.3, -0.25) is 0 Å². The molecule has 0 radical (unpaired) electrons. The third kappa shape index (κ3) is 3.93. The van der Waals surface area contributed by atoms with E-state index in [0.29, 0.717) is 6.42 Å². The van der Waals surface area contributed by atoms with Crippen LogP contribution in [0.15, 0.2) is 23.1 Å². The maximum absolute atomic E-state index is 12.6. The van der Waals surface area contributed by atoms with Crippen LogP contribution in [0.3, 0.4) is 0 Å². The number of carbonyl (C=O) groups is 1. The molecule has 0 bridgehead atoms. The van der Waals surface area contributed by atoms with Crippen molar-refractivity contribution in [1.29, 1.82) is 0 Å². The minimum atomic E-state index is -3.84. The first-order valence-electron chi connectivity index (χ1n) is 6.47. The molecule has 1 aromatic rings. The molecule has 0 aliphatic carbocycles. The molecule has 0 saturated heterocycles. The van der Waals surface area contributed by atoms with Crippen LogP contribution >= 0.6 is 0 Å². The van der Waals surface area contributed by atoms with Gasteiger partial charge in [0, 0.05) is 19.2 Å². The van der Waals surface area contributed by atoms with Crippen molar-refractivity contribution in [2.75, 3.05) is 18.9 Å². The van der Waals surface area contributed by atoms with Gasteiger partial charge in [0.1, 0.15) is 4.90 Å². The fraction of sp³-hybridized carbons (Fsp3) is 0.462. The number of sulfonamides is 1. The summed E-state index contributed by atoms with van der Waals surface area (Å²) in [5.74, 6) is -1.17. The Morgan fingerprint density at radius 3 is 2.43 bits per heavy atom. The minimum Gasteiger partial charge on any atom is -0.478 e. The first kappa shape index (κ1) is 17.4. The lowest BCUT2D eigenvalue weighted by atomic mass is 10.2. The molecule has 0 aliphatic rings. The van der Waals surface area contributed by atoms with Crippen molar-refractivity contribution < 1.29 is 23.4 Å². The molecule has 8 heteroatoms. The monoisotopic (exact) mass is 316 g/mol. The molecule has 0 spiro atoms. The minimum absolute atomic E-state index is 0.0714. The molecule has 0 saturated carbocycles. The Balaban J connectivity index is 3.25. The second kappa shape index (κ2) is 6.88. The molecule has 1 rings (SSSR count). The summed E-state index contributed by atoms with van der Waals surface area (Å²) in [6.45, 7) is 3.48. The van der Waals surface area contributed by atoms with E-state index >= 15 is 0 Å². The number of carboxylic acid groups (broad SMARTS) is 1. The van der Waals surface area contributed by atoms with Gasteiger partial charge in [-0.25, -0.2) is 13.2 Å². The number of nitrogens with zero attached hydrogens (tertiary/aromatic N) is 1. The molecule has 0 atom stereocenters. The van der Waals surface area contributed by atoms with Crippen LogP contribution in [0.5, 0.6) is 0 Å². The Hall–Kier alpha value is -1.64. The number of nitrogen functional groups attached to an aromatic ring is 1. The van der Waals surface area contributed by atoms with Crippen molar-refractivity contribution in [3.8, 4) is 0 Å². The molecule has 1 aromatic carbocycles. The highest BCUT2D eigenvalue weighted by Crippen LogP contribution is 2.25. The number of rotatable bonds is 7. The predicted octanol–water partition coefficient (Wildman–Crippen LogP) is 0.748. The topological polar surface area (TPSA) is 121 Å². The highest BCUT2D eigenvalue weighted by molar-refractivity contribution is 7.89. The number of carboxylic acids is 1. The molecule has 0 aromatic heterocycles. The normalized spacial score (nSPS) is 12.0. The highest BCUT2D eigenvalue weighted by Gasteiger charge is 2.28. The third-order valence-corrected chi connectivity index (χ3v) is 5.11. The van der Waals surface area contributed by atoms with E-state index in [1.54, 1.807) is 13.8 Å². The average Bonchev–Trinajstić information content (AvgIpc) is 2.37. The summed E-state index contributed by atoms with van der Waals surface area (Å²) in [4.78, 5) is 10.7. The number of benzene rings is 1. The highest BCUT2D eigenvalue weighted by atomic mass is 32.2. The van der Waals surface area contributed by atoms with Gasteiger partial charge in [-0.2, -0.15) is 4.31 Å². The van der Waals surface area contributed by atoms with Crippen LogP contribution in [0.4, 0.5) is 5.69 Å². The van der Waals surface area contributed by atoms with E-state index in [0.717, 1.165) is 6.07 Å². The maximum Gasteiger partial charge on any atom is 0.335 e. The van der Waals surface area contributed by atoms with Crippen LogP contribution in [-0.4, -0.2) is 48.1 Å². The molecule has 0 aliphatic heterocycles. The van der Waals surface area contributed by atoms with Crippen molar-refractivity contribution >= 4 is 21.7 Å². The van der Waals surface area contributed by atoms with Crippen LogP contribution < -0.4 is 5.73 Å². The zero-order valence-electron chi connectivity index (χ0n) is 12.0. The third-order valence-electron chi connectivity index (χ3n) is 2.96. The van der Waals surface area contributed by atoms with Crippen LogP contribution in [0.25, 0.3) is 0 Å². The van der Waals surface area contributed by atoms with Gasteiger partial charge < -0.3 is 15.9 Å². The number of aromatic carboxylic acids is 1. The van der Waals surface area contributed by atoms with Crippen LogP contribution in [0.1, 0.15) is 30.6 Å². The van der Waals surface area contributed by atoms with Gasteiger partial charge in [-0.15, -0.1) is 0 Å². The van der Waals surface area contributed by atoms with E-state index < -0.39 is 16.0 Å². The van der Waals surface area contributed by atoms with Crippen molar-refractivity contribution in [2.24, 2.45) is 0 Å². The van der Waals surface area contributed by atoms with Gasteiger partial charge in [0.25, 0.3) is 0 Å². The van der Waals surface area contributed by atoms with Crippen molar-refractivity contribution in [3.05, 3.63) is 23.8 Å². The molecule has 7 nitrogen and oxygen atoms in total. The number of hydrogen-bond acceptors (Lipinski definition) is 5. The first-order valence-corrected chi connectivity index (χ1v) is 7.91. The molecule has 0 heterocycles. The molecular weight excluding hydrogens is 296 g/mol. The van der Waals surface area contributed by atoms with Crippen molar-refractivity contribution in [1.82, 2.24) is 4.31 Å². The van der Waals surface area contributed by atoms with Crippen LogP contribution in [0.2, 0.25) is 0 Å². The van der Waals surface area contributed by atoms with Gasteiger partial charge >= 0.3 is 5.97 Å². The quantitative estimate of drug-likeness (QED) is 0.638. The Bertz CT molecular complexity index is 613. The second-order valence-electron chi connectivity index (χ2n) is 4.84. The van der Waals surface area contributed by atoms with Gasteiger partial charge in [0.2, 0.25) is 10.0 Å². The fourth-order valence-corrected chi connectivity index (χ4v) is 3.70. The number of aliphatic hydroxyl groups is 1. The summed E-state index contributed by atoms with van der Waals surface area (Å²) < 4.78 is 26.4. The van der Waals surface area contributed by atoms with Crippen molar-refractivity contribution in [3.63, 3.8) is 0 Å². The standard InChI is InChI=1S/C13H20N2O5S/c1-9(2)15(6-3-7-16)21(19,20)12-5-4-10(13(17)18)8-11(12)14/h4-5,8-9,16H,3,6-7,14H2,1-2H3,(H,17,18). The summed E-state index contributed by atoms with van der Waals surface area (Å²) in [6.07, 6.45) is 0.310. The predicted molar refractivity (Wildman–Crippen MR) is 78.5 cm³/mol.